The van der Waals surface area contributed by atoms with E-state index in [1.807, 2.05) is 27.7 Å². The van der Waals surface area contributed by atoms with Crippen LogP contribution in [0.3, 0.4) is 0 Å². The molecule has 1 saturated heterocycles. The van der Waals surface area contributed by atoms with E-state index in [0.29, 0.717) is 5.56 Å². The van der Waals surface area contributed by atoms with E-state index >= 15 is 0 Å². The first-order chi connectivity index (χ1) is 11.6. The van der Waals surface area contributed by atoms with Crippen molar-refractivity contribution in [1.82, 2.24) is 0 Å². The van der Waals surface area contributed by atoms with Crippen molar-refractivity contribution in [2.75, 3.05) is 7.11 Å². The third kappa shape index (κ3) is 4.27. The van der Waals surface area contributed by atoms with E-state index in [1.54, 1.807) is 0 Å². The number of esters is 1. The molecule has 0 unspecified atom stereocenters. The fourth-order valence-corrected chi connectivity index (χ4v) is 2.08. The largest absolute Gasteiger partial charge is 0.525 e. The molecule has 0 bridgehead atoms. The zero-order valence-corrected chi connectivity index (χ0v) is 14.8. The fraction of sp³-hybridized carbons (Fsp3) is 0.389. The molecule has 1 aromatic carbocycles. The molecule has 0 aliphatic carbocycles. The van der Waals surface area contributed by atoms with Crippen LogP contribution in [0.25, 0.3) is 6.08 Å². The van der Waals surface area contributed by atoms with Crippen LogP contribution in [0.5, 0.6) is 0 Å². The van der Waals surface area contributed by atoms with Gasteiger partial charge in [-0.25, -0.2) is 13.6 Å². The Morgan fingerprint density at radius 2 is 1.84 bits per heavy atom. The van der Waals surface area contributed by atoms with Crippen molar-refractivity contribution < 1.29 is 27.6 Å². The van der Waals surface area contributed by atoms with Gasteiger partial charge in [0.15, 0.2) is 0 Å². The van der Waals surface area contributed by atoms with Gasteiger partial charge in [0.25, 0.3) is 0 Å². The average Bonchev–Trinajstić information content (AvgIpc) is 2.75. The third-order valence-corrected chi connectivity index (χ3v) is 4.26. The molecule has 0 radical (unpaired) electrons. The topological polar surface area (TPSA) is 44.8 Å². The maximum atomic E-state index is 14.5. The van der Waals surface area contributed by atoms with E-state index in [9.17, 15) is 13.6 Å². The predicted molar refractivity (Wildman–Crippen MR) is 90.5 cm³/mol. The summed E-state index contributed by atoms with van der Waals surface area (Å²) in [6, 6.07) is 3.87. The van der Waals surface area contributed by atoms with Gasteiger partial charge in [-0.3, -0.25) is 0 Å². The molecular formula is C18H19BF2O4. The molecule has 1 aliphatic rings. The Morgan fingerprint density at radius 3 is 2.40 bits per heavy atom. The Bertz CT molecular complexity index is 759. The van der Waals surface area contributed by atoms with Crippen molar-refractivity contribution in [2.24, 2.45) is 0 Å². The molecule has 1 heterocycles. The summed E-state index contributed by atoms with van der Waals surface area (Å²) in [5, 5.41) is 0. The zero-order valence-electron chi connectivity index (χ0n) is 14.8. The SMILES string of the molecule is COC(=O)C#Cc1cc(C=C(F)B2OC(C)(C)C(C)(C)O2)ccc1F. The highest BCUT2D eigenvalue weighted by Crippen LogP contribution is 2.39. The lowest BCUT2D eigenvalue weighted by Gasteiger charge is -2.32. The number of methoxy groups -OCH3 is 1. The van der Waals surface area contributed by atoms with Gasteiger partial charge in [0, 0.05) is 5.92 Å². The quantitative estimate of drug-likeness (QED) is 0.467. The number of ether oxygens (including phenoxy) is 1. The summed E-state index contributed by atoms with van der Waals surface area (Å²) in [4.78, 5) is 11.0. The second-order valence-corrected chi connectivity index (χ2v) is 6.60. The Balaban J connectivity index is 2.26. The van der Waals surface area contributed by atoms with Gasteiger partial charge in [-0.15, -0.1) is 0 Å². The van der Waals surface area contributed by atoms with Crippen LogP contribution in [-0.2, 0) is 18.8 Å². The number of halogens is 2. The summed E-state index contributed by atoms with van der Waals surface area (Å²) < 4.78 is 43.8. The van der Waals surface area contributed by atoms with Crippen molar-refractivity contribution in [3.63, 3.8) is 0 Å². The Kier molecular flexibility index (Phi) is 5.35. The lowest BCUT2D eigenvalue weighted by Crippen LogP contribution is -2.41. The molecule has 0 spiro atoms. The highest BCUT2D eigenvalue weighted by atomic mass is 19.1. The van der Waals surface area contributed by atoms with Gasteiger partial charge in [0.1, 0.15) is 11.5 Å². The van der Waals surface area contributed by atoms with Crippen LogP contribution >= 0.6 is 0 Å². The normalized spacial score (nSPS) is 18.5. The first kappa shape index (κ1) is 19.2. The van der Waals surface area contributed by atoms with Gasteiger partial charge in [-0.2, -0.15) is 0 Å². The van der Waals surface area contributed by atoms with Crippen LogP contribution in [0.4, 0.5) is 8.78 Å². The first-order valence-corrected chi connectivity index (χ1v) is 7.68. The van der Waals surface area contributed by atoms with Gasteiger partial charge in [0.2, 0.25) is 0 Å². The van der Waals surface area contributed by atoms with Crippen molar-refractivity contribution in [3.05, 3.63) is 40.9 Å². The van der Waals surface area contributed by atoms with Gasteiger partial charge >= 0.3 is 13.1 Å². The second kappa shape index (κ2) is 6.99. The molecular weight excluding hydrogens is 329 g/mol. The summed E-state index contributed by atoms with van der Waals surface area (Å²) in [5.74, 6) is 3.08. The number of rotatable bonds is 2. The van der Waals surface area contributed by atoms with Crippen LogP contribution in [0.2, 0.25) is 0 Å². The smallest absolute Gasteiger partial charge is 0.459 e. The molecule has 0 amide bonds. The Hall–Kier alpha value is -2.17. The summed E-state index contributed by atoms with van der Waals surface area (Å²) >= 11 is 0. The van der Waals surface area contributed by atoms with Crippen LogP contribution in [0, 0.1) is 17.7 Å². The molecule has 1 aromatic rings. The van der Waals surface area contributed by atoms with E-state index in [-0.39, 0.29) is 5.56 Å². The van der Waals surface area contributed by atoms with Gasteiger partial charge < -0.3 is 14.0 Å². The van der Waals surface area contributed by atoms with Crippen molar-refractivity contribution in [3.8, 4) is 11.8 Å². The predicted octanol–water partition coefficient (Wildman–Crippen LogP) is 3.29. The number of hydrogen-bond acceptors (Lipinski definition) is 4. The highest BCUT2D eigenvalue weighted by molar-refractivity contribution is 6.54. The second-order valence-electron chi connectivity index (χ2n) is 6.60. The molecule has 0 aromatic heterocycles. The third-order valence-electron chi connectivity index (χ3n) is 4.26. The monoisotopic (exact) mass is 348 g/mol. The minimum absolute atomic E-state index is 0.0409. The maximum Gasteiger partial charge on any atom is 0.525 e. The molecule has 1 aliphatic heterocycles. The Labute approximate surface area is 146 Å². The van der Waals surface area contributed by atoms with Crippen LogP contribution in [0.15, 0.2) is 23.9 Å². The van der Waals surface area contributed by atoms with Crippen molar-refractivity contribution in [2.45, 2.75) is 38.9 Å². The molecule has 0 N–H and O–H groups in total. The summed E-state index contributed by atoms with van der Waals surface area (Å²) in [6.45, 7) is 7.27. The van der Waals surface area contributed by atoms with Crippen molar-refractivity contribution in [1.29, 1.82) is 0 Å². The minimum atomic E-state index is -1.14. The van der Waals surface area contributed by atoms with E-state index in [1.165, 1.54) is 25.3 Å². The van der Waals surface area contributed by atoms with Gasteiger partial charge in [-0.1, -0.05) is 12.0 Å². The van der Waals surface area contributed by atoms with E-state index in [0.717, 1.165) is 6.07 Å². The molecule has 7 heteroatoms. The number of hydrogen-bond donors (Lipinski definition) is 0. The average molecular weight is 348 g/mol. The van der Waals surface area contributed by atoms with Crippen molar-refractivity contribution >= 4 is 19.2 Å². The fourth-order valence-electron chi connectivity index (χ4n) is 2.08. The van der Waals surface area contributed by atoms with E-state index < -0.39 is 35.8 Å². The lowest BCUT2D eigenvalue weighted by molar-refractivity contribution is -0.133. The summed E-state index contributed by atoms with van der Waals surface area (Å²) in [7, 11) is 0.0339. The molecule has 2 rings (SSSR count). The van der Waals surface area contributed by atoms with Crippen LogP contribution in [0.1, 0.15) is 38.8 Å². The standard InChI is InChI=1S/C18H19BF2O4/c1-17(2)18(3,4)25-19(24-17)15(21)11-12-6-8-14(20)13(10-12)7-9-16(22)23-5/h6,8,10-11H,1-5H3. The molecule has 0 atom stereocenters. The van der Waals surface area contributed by atoms with Crippen LogP contribution in [-0.4, -0.2) is 31.4 Å². The van der Waals surface area contributed by atoms with Crippen LogP contribution < -0.4 is 0 Å². The van der Waals surface area contributed by atoms with Gasteiger partial charge in [0.05, 0.1) is 23.9 Å². The molecule has 0 saturated carbocycles. The molecule has 25 heavy (non-hydrogen) atoms. The maximum absolute atomic E-state index is 14.5. The number of carbonyl (C=O) groups is 1. The molecule has 1 fully saturated rings. The highest BCUT2D eigenvalue weighted by Gasteiger charge is 2.53. The number of benzene rings is 1. The molecule has 132 valence electrons. The Morgan fingerprint density at radius 1 is 1.24 bits per heavy atom. The summed E-state index contributed by atoms with van der Waals surface area (Å²) in [5.41, 5.74) is -1.65. The molecule has 4 nitrogen and oxygen atoms in total. The van der Waals surface area contributed by atoms with Gasteiger partial charge in [-0.05, 0) is 51.5 Å². The zero-order chi connectivity index (χ0) is 18.8. The van der Waals surface area contributed by atoms with E-state index in [4.69, 9.17) is 9.31 Å². The number of carbonyl (C=O) groups excluding carboxylic acids is 1. The minimum Gasteiger partial charge on any atom is -0.459 e. The first-order valence-electron chi connectivity index (χ1n) is 7.68. The summed E-state index contributed by atoms with van der Waals surface area (Å²) in [6.07, 6.45) is 1.19. The lowest BCUT2D eigenvalue weighted by atomic mass is 9.86. The van der Waals surface area contributed by atoms with E-state index in [2.05, 4.69) is 16.6 Å².